The lowest BCUT2D eigenvalue weighted by atomic mass is 10.1. The summed E-state index contributed by atoms with van der Waals surface area (Å²) in [6, 6.07) is 40.3. The number of rotatable bonds is 6. The molecule has 0 N–H and O–H groups in total. The summed E-state index contributed by atoms with van der Waals surface area (Å²) in [6.07, 6.45) is 4.66. The molecule has 0 saturated heterocycles. The van der Waals surface area contributed by atoms with Gasteiger partial charge in [-0.3, -0.25) is 15.0 Å². The number of pyridine rings is 3. The number of nitrogens with zero attached hydrogens (tertiary/aromatic N) is 9. The maximum absolute atomic E-state index is 9.10. The largest absolute Gasteiger partial charge is 0.255 e. The second kappa shape index (κ2) is 12.9. The Kier molecular flexibility index (Phi) is 7.88. The predicted molar refractivity (Wildman–Crippen MR) is 180 cm³/mol. The molecule has 4 aromatic heterocycles. The lowest BCUT2D eigenvalue weighted by Gasteiger charge is -2.10. The molecule has 0 saturated carbocycles. The maximum Gasteiger partial charge on any atom is 0.164 e. The Balaban J connectivity index is 1.26. The van der Waals surface area contributed by atoms with Crippen LogP contribution in [-0.4, -0.2) is 29.9 Å². The predicted octanol–water partition coefficient (Wildman–Crippen LogP) is 7.67. The molecule has 4 heterocycles. The number of benzene rings is 3. The first kappa shape index (κ1) is 29.3. The van der Waals surface area contributed by atoms with Crippen LogP contribution in [0.4, 0.5) is 0 Å². The van der Waals surface area contributed by atoms with Gasteiger partial charge in [0.05, 0.1) is 33.8 Å². The Morgan fingerprint density at radius 3 is 0.771 bits per heavy atom. The Morgan fingerprint density at radius 2 is 0.562 bits per heavy atom. The van der Waals surface area contributed by atoms with Gasteiger partial charge in [-0.25, -0.2) is 15.0 Å². The lowest BCUT2D eigenvalue weighted by molar-refractivity contribution is 1.07. The van der Waals surface area contributed by atoms with E-state index in [0.717, 1.165) is 50.5 Å². The van der Waals surface area contributed by atoms with Crippen molar-refractivity contribution < 1.29 is 0 Å². The van der Waals surface area contributed by atoms with Gasteiger partial charge in [-0.2, -0.15) is 15.8 Å². The van der Waals surface area contributed by atoms with Gasteiger partial charge in [0.25, 0.3) is 0 Å². The summed E-state index contributed by atoms with van der Waals surface area (Å²) in [5.41, 5.74) is 8.88. The standard InChI is InChI=1S/C39H21N9/c40-19-25-1-16-34(43-22-25)28-4-10-31(11-5-28)37-46-38(32-12-6-29(7-13-32)35-17-2-26(20-41)23-44-35)48-39(47-37)33-14-8-30(9-15-33)36-18-3-27(21-42)24-45-36/h1-18,22-24H. The van der Waals surface area contributed by atoms with Gasteiger partial charge in [0.2, 0.25) is 0 Å². The zero-order chi connectivity index (χ0) is 32.9. The highest BCUT2D eigenvalue weighted by Gasteiger charge is 2.14. The second-order valence-electron chi connectivity index (χ2n) is 10.7. The molecule has 0 amide bonds. The third kappa shape index (κ3) is 6.09. The molecule has 7 rings (SSSR count). The van der Waals surface area contributed by atoms with Crippen molar-refractivity contribution in [3.63, 3.8) is 0 Å². The molecule has 0 spiro atoms. The average molecular weight is 616 g/mol. The fourth-order valence-corrected chi connectivity index (χ4v) is 5.03. The van der Waals surface area contributed by atoms with Crippen molar-refractivity contribution in [1.29, 1.82) is 15.8 Å². The normalized spacial score (nSPS) is 10.4. The van der Waals surface area contributed by atoms with E-state index in [2.05, 4.69) is 33.2 Å². The molecule has 0 aliphatic heterocycles. The van der Waals surface area contributed by atoms with E-state index in [0.29, 0.717) is 34.2 Å². The third-order valence-corrected chi connectivity index (χ3v) is 7.63. The van der Waals surface area contributed by atoms with Crippen molar-refractivity contribution >= 4 is 0 Å². The van der Waals surface area contributed by atoms with Crippen LogP contribution in [-0.2, 0) is 0 Å². The van der Waals surface area contributed by atoms with E-state index < -0.39 is 0 Å². The van der Waals surface area contributed by atoms with Gasteiger partial charge in [-0.05, 0) is 36.4 Å². The van der Waals surface area contributed by atoms with E-state index in [-0.39, 0.29) is 0 Å². The van der Waals surface area contributed by atoms with Gasteiger partial charge >= 0.3 is 0 Å². The SMILES string of the molecule is N#Cc1ccc(-c2ccc(-c3nc(-c4ccc(-c5ccc(C#N)cn5)cc4)nc(-c4ccc(-c5ccc(C#N)cn5)cc4)n3)cc2)nc1. The molecule has 9 nitrogen and oxygen atoms in total. The van der Waals surface area contributed by atoms with E-state index >= 15 is 0 Å². The highest BCUT2D eigenvalue weighted by Crippen LogP contribution is 2.29. The first-order valence-corrected chi connectivity index (χ1v) is 14.8. The molecule has 0 bridgehead atoms. The molecule has 0 unspecified atom stereocenters. The molecular formula is C39H21N9. The van der Waals surface area contributed by atoms with E-state index in [1.165, 1.54) is 0 Å². The second-order valence-corrected chi connectivity index (χ2v) is 10.7. The third-order valence-electron chi connectivity index (χ3n) is 7.63. The lowest BCUT2D eigenvalue weighted by Crippen LogP contribution is -2.00. The molecule has 222 valence electrons. The first-order chi connectivity index (χ1) is 23.6. The molecule has 0 aliphatic carbocycles. The van der Waals surface area contributed by atoms with Gasteiger partial charge in [-0.1, -0.05) is 72.8 Å². The molecule has 3 aromatic carbocycles. The monoisotopic (exact) mass is 615 g/mol. The van der Waals surface area contributed by atoms with Crippen molar-refractivity contribution in [3.05, 3.63) is 144 Å². The highest BCUT2D eigenvalue weighted by molar-refractivity contribution is 5.72. The van der Waals surface area contributed by atoms with Crippen LogP contribution in [0.1, 0.15) is 16.7 Å². The average Bonchev–Trinajstić information content (AvgIpc) is 3.18. The summed E-state index contributed by atoms with van der Waals surface area (Å²) in [5, 5.41) is 27.3. The molecule has 9 heteroatoms. The fourth-order valence-electron chi connectivity index (χ4n) is 5.03. The Hall–Kier alpha value is -7.41. The van der Waals surface area contributed by atoms with Crippen LogP contribution in [0.3, 0.4) is 0 Å². The Morgan fingerprint density at radius 1 is 0.312 bits per heavy atom. The number of hydrogen-bond acceptors (Lipinski definition) is 9. The molecular weight excluding hydrogens is 594 g/mol. The van der Waals surface area contributed by atoms with Crippen molar-refractivity contribution in [2.24, 2.45) is 0 Å². The van der Waals surface area contributed by atoms with Crippen LogP contribution in [0.5, 0.6) is 0 Å². The van der Waals surface area contributed by atoms with E-state index in [4.69, 9.17) is 30.7 Å². The number of nitriles is 3. The smallest absolute Gasteiger partial charge is 0.164 e. The van der Waals surface area contributed by atoms with E-state index in [1.807, 2.05) is 91.0 Å². The summed E-state index contributed by atoms with van der Waals surface area (Å²) >= 11 is 0. The first-order valence-electron chi connectivity index (χ1n) is 14.8. The van der Waals surface area contributed by atoms with Crippen molar-refractivity contribution in [2.75, 3.05) is 0 Å². The van der Waals surface area contributed by atoms with E-state index in [9.17, 15) is 0 Å². The maximum atomic E-state index is 9.10. The van der Waals surface area contributed by atoms with Crippen LogP contribution in [0, 0.1) is 34.0 Å². The fraction of sp³-hybridized carbons (Fsp3) is 0. The van der Waals surface area contributed by atoms with Gasteiger partial charge in [0.15, 0.2) is 17.5 Å². The summed E-state index contributed by atoms with van der Waals surface area (Å²) in [4.78, 5) is 27.8. The van der Waals surface area contributed by atoms with Crippen LogP contribution in [0.2, 0.25) is 0 Å². The minimum atomic E-state index is 0.503. The quantitative estimate of drug-likeness (QED) is 0.184. The molecule has 0 aliphatic rings. The van der Waals surface area contributed by atoms with Crippen molar-refractivity contribution in [3.8, 4) is 86.1 Å². The van der Waals surface area contributed by atoms with E-state index in [1.54, 1.807) is 36.8 Å². The van der Waals surface area contributed by atoms with Crippen LogP contribution >= 0.6 is 0 Å². The molecule has 7 aromatic rings. The zero-order valence-electron chi connectivity index (χ0n) is 25.1. The van der Waals surface area contributed by atoms with Gasteiger partial charge in [-0.15, -0.1) is 0 Å². The van der Waals surface area contributed by atoms with Crippen LogP contribution in [0.15, 0.2) is 128 Å². The Labute approximate surface area is 275 Å². The summed E-state index contributed by atoms with van der Waals surface area (Å²) in [6.45, 7) is 0. The van der Waals surface area contributed by atoms with Crippen molar-refractivity contribution in [1.82, 2.24) is 29.9 Å². The summed E-state index contributed by atoms with van der Waals surface area (Å²) in [7, 11) is 0. The number of aromatic nitrogens is 6. The van der Waals surface area contributed by atoms with Crippen LogP contribution in [0.25, 0.3) is 67.9 Å². The van der Waals surface area contributed by atoms with Gasteiger partial charge in [0, 0.05) is 52.0 Å². The summed E-state index contributed by atoms with van der Waals surface area (Å²) in [5.74, 6) is 1.51. The Bertz CT molecular complexity index is 2080. The van der Waals surface area contributed by atoms with Crippen molar-refractivity contribution in [2.45, 2.75) is 0 Å². The zero-order valence-corrected chi connectivity index (χ0v) is 25.1. The molecule has 0 radical (unpaired) electrons. The van der Waals surface area contributed by atoms with Gasteiger partial charge < -0.3 is 0 Å². The highest BCUT2D eigenvalue weighted by atomic mass is 15.0. The van der Waals surface area contributed by atoms with Gasteiger partial charge in [0.1, 0.15) is 18.2 Å². The van der Waals surface area contributed by atoms with Crippen LogP contribution < -0.4 is 0 Å². The molecule has 0 fully saturated rings. The topological polar surface area (TPSA) is 149 Å². The minimum absolute atomic E-state index is 0.503. The summed E-state index contributed by atoms with van der Waals surface area (Å²) < 4.78 is 0. The minimum Gasteiger partial charge on any atom is -0.255 e. The number of hydrogen-bond donors (Lipinski definition) is 0. The molecule has 0 atom stereocenters. The molecule has 48 heavy (non-hydrogen) atoms.